The van der Waals surface area contributed by atoms with Crippen LogP contribution >= 0.6 is 11.3 Å². The number of nitrogens with zero attached hydrogens (tertiary/aromatic N) is 3. The quantitative estimate of drug-likeness (QED) is 0.497. The van der Waals surface area contributed by atoms with Gasteiger partial charge in [-0.1, -0.05) is 23.8 Å². The van der Waals surface area contributed by atoms with Gasteiger partial charge in [0.05, 0.1) is 12.1 Å². The first-order chi connectivity index (χ1) is 16.3. The van der Waals surface area contributed by atoms with E-state index in [0.717, 1.165) is 55.5 Å². The van der Waals surface area contributed by atoms with Crippen molar-refractivity contribution in [2.75, 3.05) is 13.1 Å². The van der Waals surface area contributed by atoms with Crippen LogP contribution in [0, 0.1) is 25.7 Å². The summed E-state index contributed by atoms with van der Waals surface area (Å²) >= 11 is 1.40. The Balaban J connectivity index is 1.59. The molecule has 0 N–H and O–H groups in total. The summed E-state index contributed by atoms with van der Waals surface area (Å²) in [6.07, 6.45) is 3.38. The van der Waals surface area contributed by atoms with Gasteiger partial charge in [-0.2, -0.15) is 0 Å². The molecule has 0 radical (unpaired) electrons. The van der Waals surface area contributed by atoms with Crippen molar-refractivity contribution in [3.05, 3.63) is 67.2 Å². The molecule has 4 rings (SSSR count). The van der Waals surface area contributed by atoms with Crippen molar-refractivity contribution in [1.29, 1.82) is 0 Å². The zero-order valence-corrected chi connectivity index (χ0v) is 21.5. The van der Waals surface area contributed by atoms with Crippen molar-refractivity contribution in [3.8, 4) is 0 Å². The maximum Gasteiger partial charge on any atom is 0.331 e. The van der Waals surface area contributed by atoms with Gasteiger partial charge in [-0.25, -0.2) is 4.79 Å². The summed E-state index contributed by atoms with van der Waals surface area (Å²) in [5.41, 5.74) is 3.67. The van der Waals surface area contributed by atoms with Crippen LogP contribution in [-0.2, 0) is 17.9 Å². The van der Waals surface area contributed by atoms with Gasteiger partial charge in [0, 0.05) is 25.6 Å². The minimum absolute atomic E-state index is 0.0635. The molecule has 0 atom stereocenters. The van der Waals surface area contributed by atoms with Gasteiger partial charge in [-0.15, -0.1) is 11.3 Å². The van der Waals surface area contributed by atoms with Gasteiger partial charge in [-0.3, -0.25) is 18.7 Å². The highest BCUT2D eigenvalue weighted by Crippen LogP contribution is 2.31. The zero-order valence-electron chi connectivity index (χ0n) is 20.7. The Morgan fingerprint density at radius 3 is 2.41 bits per heavy atom. The molecule has 0 saturated heterocycles. The van der Waals surface area contributed by atoms with Crippen LogP contribution < -0.4 is 11.2 Å². The van der Waals surface area contributed by atoms with Gasteiger partial charge in [0.15, 0.2) is 0 Å². The van der Waals surface area contributed by atoms with Crippen molar-refractivity contribution >= 4 is 27.5 Å². The predicted molar refractivity (Wildman–Crippen MR) is 139 cm³/mol. The molecule has 1 fully saturated rings. The van der Waals surface area contributed by atoms with Gasteiger partial charge in [0.25, 0.3) is 5.56 Å². The number of benzene rings is 1. The summed E-state index contributed by atoms with van der Waals surface area (Å²) in [5, 5.41) is 1.89. The van der Waals surface area contributed by atoms with Gasteiger partial charge >= 0.3 is 5.69 Å². The molecule has 1 aromatic carbocycles. The number of amides is 1. The van der Waals surface area contributed by atoms with Gasteiger partial charge in [0.2, 0.25) is 5.91 Å². The predicted octanol–water partition coefficient (Wildman–Crippen LogP) is 4.56. The second kappa shape index (κ2) is 10.3. The minimum Gasteiger partial charge on any atom is -0.343 e. The third-order valence-electron chi connectivity index (χ3n) is 7.38. The Bertz CT molecular complexity index is 1290. The Morgan fingerprint density at radius 1 is 1.03 bits per heavy atom. The van der Waals surface area contributed by atoms with Crippen molar-refractivity contribution in [2.45, 2.75) is 66.5 Å². The van der Waals surface area contributed by atoms with Crippen LogP contribution in [0.3, 0.4) is 0 Å². The molecule has 182 valence electrons. The molecule has 0 bridgehead atoms. The molecule has 34 heavy (non-hydrogen) atoms. The molecule has 2 aromatic heterocycles. The van der Waals surface area contributed by atoms with Crippen LogP contribution in [0.25, 0.3) is 10.2 Å². The highest BCUT2D eigenvalue weighted by Gasteiger charge is 2.29. The number of carbonyl (C=O) groups excluding carboxylic acids is 1. The summed E-state index contributed by atoms with van der Waals surface area (Å²) in [6, 6.07) is 8.14. The third-order valence-corrected chi connectivity index (χ3v) is 8.27. The Hall–Kier alpha value is -2.67. The number of hydrogen-bond donors (Lipinski definition) is 0. The van der Waals surface area contributed by atoms with Crippen molar-refractivity contribution in [1.82, 2.24) is 14.0 Å². The van der Waals surface area contributed by atoms with Crippen molar-refractivity contribution in [2.24, 2.45) is 11.8 Å². The number of aromatic nitrogens is 2. The van der Waals surface area contributed by atoms with E-state index in [1.807, 2.05) is 37.1 Å². The molecule has 1 saturated carbocycles. The number of carbonyl (C=O) groups is 1. The van der Waals surface area contributed by atoms with E-state index in [1.165, 1.54) is 15.9 Å². The third kappa shape index (κ3) is 4.76. The molecule has 1 aliphatic carbocycles. The smallest absolute Gasteiger partial charge is 0.331 e. The van der Waals surface area contributed by atoms with Crippen LogP contribution in [0.1, 0.15) is 56.2 Å². The molecule has 1 aliphatic rings. The van der Waals surface area contributed by atoms with E-state index < -0.39 is 0 Å². The lowest BCUT2D eigenvalue weighted by Gasteiger charge is -2.31. The molecular formula is C27H35N3O3S. The molecule has 7 heteroatoms. The molecule has 1 amide bonds. The molecule has 3 aromatic rings. The first-order valence-corrected chi connectivity index (χ1v) is 13.3. The van der Waals surface area contributed by atoms with Gasteiger partial charge in [0.1, 0.15) is 4.70 Å². The first kappa shape index (κ1) is 24.5. The second-order valence-electron chi connectivity index (χ2n) is 9.58. The van der Waals surface area contributed by atoms with E-state index in [-0.39, 0.29) is 29.0 Å². The SMILES string of the molecule is CCN(CC)C(=O)C1CCC(Cn2c(=O)c3sccc3n(Cc3cc(C)ccc3C)c2=O)CC1. The normalized spacial score (nSPS) is 18.4. The summed E-state index contributed by atoms with van der Waals surface area (Å²) in [4.78, 5) is 41.5. The van der Waals surface area contributed by atoms with Crippen LogP contribution in [0.5, 0.6) is 0 Å². The number of rotatable bonds is 7. The number of aryl methyl sites for hydroxylation is 2. The fraction of sp³-hybridized carbons (Fsp3) is 0.519. The second-order valence-corrected chi connectivity index (χ2v) is 10.5. The Labute approximate surface area is 204 Å². The maximum absolute atomic E-state index is 13.6. The molecule has 0 unspecified atom stereocenters. The van der Waals surface area contributed by atoms with Crippen molar-refractivity contribution in [3.63, 3.8) is 0 Å². The molecule has 2 heterocycles. The maximum atomic E-state index is 13.6. The molecular weight excluding hydrogens is 446 g/mol. The fourth-order valence-electron chi connectivity index (χ4n) is 5.23. The van der Waals surface area contributed by atoms with Crippen molar-refractivity contribution < 1.29 is 4.79 Å². The molecule has 0 aliphatic heterocycles. The summed E-state index contributed by atoms with van der Waals surface area (Å²) in [6.45, 7) is 10.5. The molecule has 6 nitrogen and oxygen atoms in total. The minimum atomic E-state index is -0.238. The Morgan fingerprint density at radius 2 is 1.74 bits per heavy atom. The van der Waals surface area contributed by atoms with E-state index in [2.05, 4.69) is 25.1 Å². The van der Waals surface area contributed by atoms with E-state index in [0.29, 0.717) is 23.3 Å². The lowest BCUT2D eigenvalue weighted by Crippen LogP contribution is -2.42. The number of fused-ring (bicyclic) bond motifs is 1. The molecule has 0 spiro atoms. The van der Waals surface area contributed by atoms with Crippen LogP contribution in [0.15, 0.2) is 39.2 Å². The van der Waals surface area contributed by atoms with Crippen LogP contribution in [0.2, 0.25) is 0 Å². The summed E-state index contributed by atoms with van der Waals surface area (Å²) < 4.78 is 3.83. The fourth-order valence-corrected chi connectivity index (χ4v) is 6.07. The van der Waals surface area contributed by atoms with E-state index in [4.69, 9.17) is 0 Å². The van der Waals surface area contributed by atoms with Gasteiger partial charge in [-0.05, 0) is 81.9 Å². The highest BCUT2D eigenvalue weighted by atomic mass is 32.1. The van der Waals surface area contributed by atoms with E-state index >= 15 is 0 Å². The number of thiophene rings is 1. The zero-order chi connectivity index (χ0) is 24.4. The standard InChI is InChI=1S/C27H35N3O3S/c1-5-28(6-2)25(31)21-11-9-20(10-12-21)16-30-26(32)24-23(13-14-34-24)29(27(30)33)17-22-15-18(3)7-8-19(22)4/h7-8,13-15,20-21H,5-6,9-12,16-17H2,1-4H3. The van der Waals surface area contributed by atoms with Gasteiger partial charge < -0.3 is 4.90 Å². The summed E-state index contributed by atoms with van der Waals surface area (Å²) in [7, 11) is 0. The lowest BCUT2D eigenvalue weighted by atomic mass is 9.81. The largest absolute Gasteiger partial charge is 0.343 e. The average molecular weight is 482 g/mol. The van der Waals surface area contributed by atoms with E-state index in [9.17, 15) is 14.4 Å². The Kier molecular flexibility index (Phi) is 7.41. The monoisotopic (exact) mass is 481 g/mol. The average Bonchev–Trinajstić information content (AvgIpc) is 3.33. The lowest BCUT2D eigenvalue weighted by molar-refractivity contribution is -0.136. The van der Waals surface area contributed by atoms with Crippen LogP contribution in [0.4, 0.5) is 0 Å². The van der Waals surface area contributed by atoms with E-state index in [1.54, 1.807) is 4.57 Å². The first-order valence-electron chi connectivity index (χ1n) is 12.4. The number of hydrogen-bond acceptors (Lipinski definition) is 4. The highest BCUT2D eigenvalue weighted by molar-refractivity contribution is 7.17. The topological polar surface area (TPSA) is 64.3 Å². The summed E-state index contributed by atoms with van der Waals surface area (Å²) in [5.74, 6) is 0.544. The van der Waals surface area contributed by atoms with Crippen LogP contribution in [-0.4, -0.2) is 33.0 Å².